The fraction of sp³-hybridized carbons (Fsp3) is 1.00. The molecular formula is C10H21N. The molecule has 0 aromatic carbocycles. The molecule has 3 atom stereocenters. The van der Waals surface area contributed by atoms with E-state index >= 15 is 0 Å². The topological polar surface area (TPSA) is 26.0 Å². The molecule has 0 spiro atoms. The Morgan fingerprint density at radius 3 is 2.55 bits per heavy atom. The van der Waals surface area contributed by atoms with Crippen molar-refractivity contribution in [1.29, 1.82) is 0 Å². The minimum atomic E-state index is 0.437. The lowest BCUT2D eigenvalue weighted by Gasteiger charge is -2.41. The molecule has 0 unspecified atom stereocenters. The molecule has 1 nitrogen and oxygen atoms in total. The first kappa shape index (κ1) is 9.05. The Morgan fingerprint density at radius 1 is 1.45 bits per heavy atom. The Kier molecular flexibility index (Phi) is 2.58. The van der Waals surface area contributed by atoms with Crippen LogP contribution in [0.2, 0.25) is 0 Å². The van der Waals surface area contributed by atoms with Gasteiger partial charge in [-0.1, -0.05) is 27.2 Å². The Bertz CT molecular complexity index is 133. The molecule has 0 aromatic rings. The predicted octanol–water partition coefficient (Wildman–Crippen LogP) is 2.41. The second-order valence-corrected chi connectivity index (χ2v) is 4.64. The van der Waals surface area contributed by atoms with Crippen molar-refractivity contribution in [2.45, 2.75) is 40.0 Å². The molecule has 1 fully saturated rings. The van der Waals surface area contributed by atoms with E-state index in [1.165, 1.54) is 19.3 Å². The van der Waals surface area contributed by atoms with E-state index in [1.807, 2.05) is 0 Å². The maximum Gasteiger partial charge on any atom is -0.00206 e. The second kappa shape index (κ2) is 3.14. The van der Waals surface area contributed by atoms with Gasteiger partial charge in [0.05, 0.1) is 0 Å². The molecule has 11 heavy (non-hydrogen) atoms. The van der Waals surface area contributed by atoms with Gasteiger partial charge in [0.25, 0.3) is 0 Å². The molecule has 1 aliphatic carbocycles. The minimum Gasteiger partial charge on any atom is -0.330 e. The molecule has 66 valence electrons. The van der Waals surface area contributed by atoms with E-state index in [4.69, 9.17) is 5.73 Å². The van der Waals surface area contributed by atoms with Crippen LogP contribution in [0.5, 0.6) is 0 Å². The molecule has 0 heterocycles. The predicted molar refractivity (Wildman–Crippen MR) is 49.3 cm³/mol. The highest BCUT2D eigenvalue weighted by atomic mass is 14.6. The van der Waals surface area contributed by atoms with Crippen LogP contribution in [-0.2, 0) is 0 Å². The van der Waals surface area contributed by atoms with Crippen molar-refractivity contribution >= 4 is 0 Å². The SMILES string of the molecule is C[C@@H]1CC[C@@](C)(CN)[C@H](C)C1. The fourth-order valence-corrected chi connectivity index (χ4v) is 2.13. The Morgan fingerprint density at radius 2 is 2.09 bits per heavy atom. The van der Waals surface area contributed by atoms with Crippen LogP contribution in [0.1, 0.15) is 40.0 Å². The molecule has 0 aliphatic heterocycles. The summed E-state index contributed by atoms with van der Waals surface area (Å²) in [6, 6.07) is 0. The molecule has 1 aliphatic rings. The third kappa shape index (κ3) is 1.76. The quantitative estimate of drug-likeness (QED) is 0.618. The first-order chi connectivity index (χ1) is 5.08. The zero-order valence-corrected chi connectivity index (χ0v) is 8.06. The molecule has 1 heteroatoms. The summed E-state index contributed by atoms with van der Waals surface area (Å²) >= 11 is 0. The van der Waals surface area contributed by atoms with Gasteiger partial charge in [-0.15, -0.1) is 0 Å². The van der Waals surface area contributed by atoms with E-state index in [9.17, 15) is 0 Å². The van der Waals surface area contributed by atoms with Crippen LogP contribution in [0.4, 0.5) is 0 Å². The highest BCUT2D eigenvalue weighted by Gasteiger charge is 2.34. The van der Waals surface area contributed by atoms with Crippen molar-refractivity contribution in [2.75, 3.05) is 6.54 Å². The Labute approximate surface area is 70.4 Å². The zero-order chi connectivity index (χ0) is 8.48. The number of hydrogen-bond donors (Lipinski definition) is 1. The third-order valence-corrected chi connectivity index (χ3v) is 3.62. The van der Waals surface area contributed by atoms with Crippen molar-refractivity contribution in [3.05, 3.63) is 0 Å². The normalized spacial score (nSPS) is 45.8. The number of rotatable bonds is 1. The van der Waals surface area contributed by atoms with Gasteiger partial charge in [-0.05, 0) is 36.6 Å². The van der Waals surface area contributed by atoms with E-state index in [0.717, 1.165) is 18.4 Å². The van der Waals surface area contributed by atoms with Crippen molar-refractivity contribution in [3.8, 4) is 0 Å². The highest BCUT2D eigenvalue weighted by molar-refractivity contribution is 4.86. The Balaban J connectivity index is 2.56. The van der Waals surface area contributed by atoms with Crippen LogP contribution in [0, 0.1) is 17.3 Å². The van der Waals surface area contributed by atoms with Crippen LogP contribution in [-0.4, -0.2) is 6.54 Å². The number of hydrogen-bond acceptors (Lipinski definition) is 1. The number of nitrogens with two attached hydrogens (primary N) is 1. The van der Waals surface area contributed by atoms with Gasteiger partial charge in [-0.3, -0.25) is 0 Å². The van der Waals surface area contributed by atoms with Gasteiger partial charge in [0.2, 0.25) is 0 Å². The lowest BCUT2D eigenvalue weighted by Crippen LogP contribution is -2.38. The lowest BCUT2D eigenvalue weighted by molar-refractivity contribution is 0.108. The molecule has 0 amide bonds. The maximum absolute atomic E-state index is 5.77. The fourth-order valence-electron chi connectivity index (χ4n) is 2.13. The van der Waals surface area contributed by atoms with Gasteiger partial charge in [-0.2, -0.15) is 0 Å². The van der Waals surface area contributed by atoms with E-state index in [0.29, 0.717) is 5.41 Å². The van der Waals surface area contributed by atoms with Crippen molar-refractivity contribution < 1.29 is 0 Å². The molecule has 1 saturated carbocycles. The standard InChI is InChI=1S/C10H21N/c1-8-4-5-10(3,7-11)9(2)6-8/h8-9H,4-7,11H2,1-3H3/t8-,9-,10+/m1/s1. The first-order valence-electron chi connectivity index (χ1n) is 4.78. The van der Waals surface area contributed by atoms with Crippen LogP contribution in [0.3, 0.4) is 0 Å². The monoisotopic (exact) mass is 155 g/mol. The summed E-state index contributed by atoms with van der Waals surface area (Å²) in [6.45, 7) is 7.90. The average molecular weight is 155 g/mol. The largest absolute Gasteiger partial charge is 0.330 e. The summed E-state index contributed by atoms with van der Waals surface area (Å²) in [5.74, 6) is 1.74. The van der Waals surface area contributed by atoms with E-state index in [1.54, 1.807) is 0 Å². The van der Waals surface area contributed by atoms with Crippen molar-refractivity contribution in [1.82, 2.24) is 0 Å². The smallest absolute Gasteiger partial charge is 0.00206 e. The molecule has 0 aromatic heterocycles. The van der Waals surface area contributed by atoms with Gasteiger partial charge < -0.3 is 5.73 Å². The molecular weight excluding hydrogens is 134 g/mol. The summed E-state index contributed by atoms with van der Waals surface area (Å²) in [5.41, 5.74) is 6.21. The lowest BCUT2D eigenvalue weighted by atomic mass is 9.65. The van der Waals surface area contributed by atoms with Gasteiger partial charge >= 0.3 is 0 Å². The van der Waals surface area contributed by atoms with E-state index in [-0.39, 0.29) is 0 Å². The summed E-state index contributed by atoms with van der Waals surface area (Å²) in [7, 11) is 0. The van der Waals surface area contributed by atoms with E-state index in [2.05, 4.69) is 20.8 Å². The van der Waals surface area contributed by atoms with Crippen LogP contribution < -0.4 is 5.73 Å². The summed E-state index contributed by atoms with van der Waals surface area (Å²) in [5, 5.41) is 0. The Hall–Kier alpha value is -0.0400. The molecule has 1 rings (SSSR count). The van der Waals surface area contributed by atoms with Crippen LogP contribution in [0.25, 0.3) is 0 Å². The van der Waals surface area contributed by atoms with Crippen LogP contribution >= 0.6 is 0 Å². The van der Waals surface area contributed by atoms with Gasteiger partial charge in [-0.25, -0.2) is 0 Å². The van der Waals surface area contributed by atoms with Gasteiger partial charge in [0, 0.05) is 0 Å². The average Bonchev–Trinajstić information content (AvgIpc) is 1.98. The van der Waals surface area contributed by atoms with E-state index < -0.39 is 0 Å². The highest BCUT2D eigenvalue weighted by Crippen LogP contribution is 2.41. The van der Waals surface area contributed by atoms with Gasteiger partial charge in [0.15, 0.2) is 0 Å². The minimum absolute atomic E-state index is 0.437. The third-order valence-electron chi connectivity index (χ3n) is 3.62. The first-order valence-corrected chi connectivity index (χ1v) is 4.78. The van der Waals surface area contributed by atoms with Gasteiger partial charge in [0.1, 0.15) is 0 Å². The molecule has 2 N–H and O–H groups in total. The summed E-state index contributed by atoms with van der Waals surface area (Å²) in [4.78, 5) is 0. The molecule has 0 bridgehead atoms. The summed E-state index contributed by atoms with van der Waals surface area (Å²) in [6.07, 6.45) is 4.07. The van der Waals surface area contributed by atoms with Crippen molar-refractivity contribution in [3.63, 3.8) is 0 Å². The molecule has 0 radical (unpaired) electrons. The second-order valence-electron chi connectivity index (χ2n) is 4.64. The summed E-state index contributed by atoms with van der Waals surface area (Å²) < 4.78 is 0. The molecule has 0 saturated heterocycles. The zero-order valence-electron chi connectivity index (χ0n) is 8.06. The van der Waals surface area contributed by atoms with Crippen LogP contribution in [0.15, 0.2) is 0 Å². The maximum atomic E-state index is 5.77. The van der Waals surface area contributed by atoms with Crippen molar-refractivity contribution in [2.24, 2.45) is 23.0 Å².